The molecule has 4 nitrogen and oxygen atoms in total. The molecule has 17 heavy (non-hydrogen) atoms. The van der Waals surface area contributed by atoms with E-state index in [4.69, 9.17) is 0 Å². The van der Waals surface area contributed by atoms with E-state index in [2.05, 4.69) is 0 Å². The molecule has 5 heteroatoms. The van der Waals surface area contributed by atoms with Gasteiger partial charge in [-0.1, -0.05) is 18.2 Å². The molecule has 0 bridgehead atoms. The van der Waals surface area contributed by atoms with Crippen LogP contribution in [0, 0.1) is 0 Å². The Morgan fingerprint density at radius 1 is 1.12 bits per heavy atom. The van der Waals surface area contributed by atoms with Gasteiger partial charge in [0.2, 0.25) is 0 Å². The second-order valence-electron chi connectivity index (χ2n) is 4.31. The summed E-state index contributed by atoms with van der Waals surface area (Å²) < 4.78 is 0. The fourth-order valence-electron chi connectivity index (χ4n) is 2.18. The predicted molar refractivity (Wildman–Crippen MR) is 66.0 cm³/mol. The van der Waals surface area contributed by atoms with Crippen LogP contribution >= 0.6 is 0 Å². The maximum absolute atomic E-state index is 12.2. The zero-order valence-electron chi connectivity index (χ0n) is 9.67. The van der Waals surface area contributed by atoms with Gasteiger partial charge in [-0.25, -0.2) is 0 Å². The van der Waals surface area contributed by atoms with E-state index in [1.54, 1.807) is 29.2 Å². The molecule has 0 aromatic heterocycles. The van der Waals surface area contributed by atoms with Crippen molar-refractivity contribution >= 4 is 18.5 Å². The highest BCUT2D eigenvalue weighted by Gasteiger charge is 2.24. The zero-order valence-corrected chi connectivity index (χ0v) is 9.67. The minimum absolute atomic E-state index is 0.103. The summed E-state index contributed by atoms with van der Waals surface area (Å²) in [7, 11) is -1.60. The number of benzene rings is 1. The number of hydrogen-bond acceptors (Lipinski definition) is 3. The Hall–Kier alpha value is -1.33. The van der Waals surface area contributed by atoms with Crippen LogP contribution in [0.2, 0.25) is 0 Å². The predicted octanol–water partition coefficient (Wildman–Crippen LogP) is -0.00750. The molecule has 0 aliphatic carbocycles. The topological polar surface area (TPSA) is 60.8 Å². The average Bonchev–Trinajstić information content (AvgIpc) is 2.39. The Kier molecular flexibility index (Phi) is 3.81. The van der Waals surface area contributed by atoms with Crippen LogP contribution in [0.1, 0.15) is 29.6 Å². The largest absolute Gasteiger partial charge is 0.489 e. The molecule has 1 fully saturated rings. The molecular formula is C12H16BNO3. The third-order valence-electron chi connectivity index (χ3n) is 3.11. The number of carbonyl (C=O) groups is 1. The summed E-state index contributed by atoms with van der Waals surface area (Å²) >= 11 is 0. The van der Waals surface area contributed by atoms with Gasteiger partial charge in [0.15, 0.2) is 0 Å². The summed E-state index contributed by atoms with van der Waals surface area (Å²) in [6, 6.07) is 6.65. The van der Waals surface area contributed by atoms with E-state index >= 15 is 0 Å². The van der Waals surface area contributed by atoms with Crippen molar-refractivity contribution in [3.8, 4) is 0 Å². The SMILES string of the molecule is O=C(c1ccccc1B(O)O)N1CCCCC1. The normalized spacial score (nSPS) is 15.8. The van der Waals surface area contributed by atoms with Gasteiger partial charge in [-0.2, -0.15) is 0 Å². The Morgan fingerprint density at radius 2 is 1.76 bits per heavy atom. The van der Waals surface area contributed by atoms with Crippen LogP contribution in [0.4, 0.5) is 0 Å². The van der Waals surface area contributed by atoms with Crippen LogP contribution in [0.5, 0.6) is 0 Å². The minimum atomic E-state index is -1.60. The highest BCUT2D eigenvalue weighted by molar-refractivity contribution is 6.60. The third-order valence-corrected chi connectivity index (χ3v) is 3.11. The number of piperidine rings is 1. The molecule has 1 saturated heterocycles. The second kappa shape index (κ2) is 5.34. The number of nitrogens with zero attached hydrogens (tertiary/aromatic N) is 1. The molecule has 0 saturated carbocycles. The van der Waals surface area contributed by atoms with E-state index in [-0.39, 0.29) is 11.4 Å². The molecule has 0 unspecified atom stereocenters. The van der Waals surface area contributed by atoms with Crippen molar-refractivity contribution in [1.29, 1.82) is 0 Å². The third kappa shape index (κ3) is 2.68. The van der Waals surface area contributed by atoms with E-state index in [0.717, 1.165) is 32.4 Å². The van der Waals surface area contributed by atoms with Gasteiger partial charge in [0.1, 0.15) is 0 Å². The lowest BCUT2D eigenvalue weighted by atomic mass is 9.76. The van der Waals surface area contributed by atoms with Crippen molar-refractivity contribution in [2.45, 2.75) is 19.3 Å². The molecule has 1 heterocycles. The highest BCUT2D eigenvalue weighted by Crippen LogP contribution is 2.12. The van der Waals surface area contributed by atoms with E-state index in [1.165, 1.54) is 0 Å². The molecule has 1 amide bonds. The first-order valence-electron chi connectivity index (χ1n) is 5.94. The second-order valence-corrected chi connectivity index (χ2v) is 4.31. The highest BCUT2D eigenvalue weighted by atomic mass is 16.4. The first-order chi connectivity index (χ1) is 8.20. The van der Waals surface area contributed by atoms with Crippen molar-refractivity contribution in [3.63, 3.8) is 0 Å². The smallest absolute Gasteiger partial charge is 0.423 e. The lowest BCUT2D eigenvalue weighted by molar-refractivity contribution is 0.0725. The number of carbonyl (C=O) groups excluding carboxylic acids is 1. The summed E-state index contributed by atoms with van der Waals surface area (Å²) in [4.78, 5) is 14.0. The van der Waals surface area contributed by atoms with Crippen LogP contribution in [-0.2, 0) is 0 Å². The molecule has 90 valence electrons. The molecule has 2 N–H and O–H groups in total. The molecule has 0 spiro atoms. The van der Waals surface area contributed by atoms with Gasteiger partial charge >= 0.3 is 7.12 Å². The van der Waals surface area contributed by atoms with Gasteiger partial charge < -0.3 is 14.9 Å². The molecule has 1 aromatic carbocycles. The summed E-state index contributed by atoms with van der Waals surface area (Å²) in [5.41, 5.74) is 0.674. The van der Waals surface area contributed by atoms with Crippen molar-refractivity contribution in [2.24, 2.45) is 0 Å². The maximum Gasteiger partial charge on any atom is 0.489 e. The fraction of sp³-hybridized carbons (Fsp3) is 0.417. The van der Waals surface area contributed by atoms with Crippen LogP contribution in [0.25, 0.3) is 0 Å². The van der Waals surface area contributed by atoms with E-state index < -0.39 is 7.12 Å². The lowest BCUT2D eigenvalue weighted by Gasteiger charge is -2.27. The number of likely N-dealkylation sites (tertiary alicyclic amines) is 1. The molecule has 0 radical (unpaired) electrons. The number of hydrogen-bond donors (Lipinski definition) is 2. The first-order valence-corrected chi connectivity index (χ1v) is 5.94. The first kappa shape index (κ1) is 12.1. The number of rotatable bonds is 2. The number of amides is 1. The standard InChI is InChI=1S/C12H16BNO3/c15-12(14-8-4-1-5-9-14)10-6-2-3-7-11(10)13(16)17/h2-3,6-7,16-17H,1,4-5,8-9H2. The molecule has 0 atom stereocenters. The molecule has 1 aromatic rings. The maximum atomic E-state index is 12.2. The van der Waals surface area contributed by atoms with Crippen molar-refractivity contribution in [1.82, 2.24) is 4.90 Å². The van der Waals surface area contributed by atoms with Gasteiger partial charge in [0.05, 0.1) is 0 Å². The summed E-state index contributed by atoms with van der Waals surface area (Å²) in [6.07, 6.45) is 3.21. The van der Waals surface area contributed by atoms with Crippen molar-refractivity contribution in [3.05, 3.63) is 29.8 Å². The van der Waals surface area contributed by atoms with Crippen LogP contribution < -0.4 is 5.46 Å². The van der Waals surface area contributed by atoms with E-state index in [0.29, 0.717) is 5.56 Å². The summed E-state index contributed by atoms with van der Waals surface area (Å²) in [5, 5.41) is 18.5. The van der Waals surface area contributed by atoms with Gasteiger partial charge in [0, 0.05) is 18.7 Å². The van der Waals surface area contributed by atoms with Crippen LogP contribution in [0.3, 0.4) is 0 Å². The van der Waals surface area contributed by atoms with Gasteiger partial charge in [-0.15, -0.1) is 0 Å². The zero-order chi connectivity index (χ0) is 12.3. The Balaban J connectivity index is 2.23. The summed E-state index contributed by atoms with van der Waals surface area (Å²) in [5.74, 6) is -0.103. The molecular weight excluding hydrogens is 217 g/mol. The molecule has 2 rings (SSSR count). The van der Waals surface area contributed by atoms with Crippen molar-refractivity contribution < 1.29 is 14.8 Å². The molecule has 1 aliphatic rings. The van der Waals surface area contributed by atoms with Gasteiger partial charge in [-0.3, -0.25) is 4.79 Å². The van der Waals surface area contributed by atoms with Crippen molar-refractivity contribution in [2.75, 3.05) is 13.1 Å². The minimum Gasteiger partial charge on any atom is -0.423 e. The summed E-state index contributed by atoms with van der Waals surface area (Å²) in [6.45, 7) is 1.52. The quantitative estimate of drug-likeness (QED) is 0.706. The van der Waals surface area contributed by atoms with E-state index in [9.17, 15) is 14.8 Å². The Labute approximate surface area is 101 Å². The fourth-order valence-corrected chi connectivity index (χ4v) is 2.18. The monoisotopic (exact) mass is 233 g/mol. The van der Waals surface area contributed by atoms with Crippen LogP contribution in [0.15, 0.2) is 24.3 Å². The molecule has 1 aliphatic heterocycles. The van der Waals surface area contributed by atoms with Crippen LogP contribution in [-0.4, -0.2) is 41.1 Å². The van der Waals surface area contributed by atoms with Gasteiger partial charge in [0.25, 0.3) is 5.91 Å². The Morgan fingerprint density at radius 3 is 2.41 bits per heavy atom. The Bertz CT molecular complexity index is 402. The lowest BCUT2D eigenvalue weighted by Crippen LogP contribution is -2.41. The van der Waals surface area contributed by atoms with E-state index in [1.807, 2.05) is 0 Å². The van der Waals surface area contributed by atoms with Gasteiger partial charge in [-0.05, 0) is 30.8 Å². The average molecular weight is 233 g/mol.